The molecule has 1 aromatic rings. The van der Waals surface area contributed by atoms with Gasteiger partial charge in [0.05, 0.1) is 6.10 Å². The number of benzene rings is 1. The van der Waals surface area contributed by atoms with Crippen molar-refractivity contribution < 1.29 is 13.9 Å². The maximum atomic E-state index is 13.7. The van der Waals surface area contributed by atoms with Crippen molar-refractivity contribution >= 4 is 18.3 Å². The Hall–Kier alpha value is -1.17. The van der Waals surface area contributed by atoms with Crippen LogP contribution < -0.4 is 11.1 Å². The molecule has 140 valence electrons. The molecule has 0 unspecified atom stereocenters. The van der Waals surface area contributed by atoms with Gasteiger partial charge >= 0.3 is 0 Å². The molecule has 1 aliphatic heterocycles. The molecule has 25 heavy (non-hydrogen) atoms. The molecule has 1 aromatic carbocycles. The molecule has 0 aromatic heterocycles. The molecule has 0 radical (unpaired) electrons. The van der Waals surface area contributed by atoms with Crippen LogP contribution in [0.1, 0.15) is 50.5 Å². The number of rotatable bonds is 5. The zero-order valence-electron chi connectivity index (χ0n) is 14.5. The van der Waals surface area contributed by atoms with Crippen LogP contribution in [0.5, 0.6) is 0 Å². The summed E-state index contributed by atoms with van der Waals surface area (Å²) in [6, 6.07) is 6.83. The van der Waals surface area contributed by atoms with Crippen molar-refractivity contribution in [3.63, 3.8) is 0 Å². The first-order chi connectivity index (χ1) is 11.6. The van der Waals surface area contributed by atoms with Gasteiger partial charge in [-0.25, -0.2) is 4.39 Å². The topological polar surface area (TPSA) is 64.4 Å². The average Bonchev–Trinajstić information content (AvgIpc) is 3.10. The fourth-order valence-corrected chi connectivity index (χ4v) is 4.06. The number of carbonyl (C=O) groups excluding carboxylic acids is 1. The number of ether oxygens (including phenoxy) is 1. The molecule has 1 saturated heterocycles. The van der Waals surface area contributed by atoms with Gasteiger partial charge in [-0.1, -0.05) is 31.4 Å². The Kier molecular flexibility index (Phi) is 7.23. The minimum Gasteiger partial charge on any atom is -0.364 e. The molecule has 4 nitrogen and oxygen atoms in total. The summed E-state index contributed by atoms with van der Waals surface area (Å²) in [7, 11) is 0. The van der Waals surface area contributed by atoms with E-state index >= 15 is 0 Å². The summed E-state index contributed by atoms with van der Waals surface area (Å²) >= 11 is 0. The summed E-state index contributed by atoms with van der Waals surface area (Å²) in [5.41, 5.74) is 6.44. The molecule has 6 heteroatoms. The largest absolute Gasteiger partial charge is 0.364 e. The van der Waals surface area contributed by atoms with E-state index in [-0.39, 0.29) is 35.7 Å². The fraction of sp³-hybridized carbons (Fsp3) is 0.632. The summed E-state index contributed by atoms with van der Waals surface area (Å²) < 4.78 is 19.4. The summed E-state index contributed by atoms with van der Waals surface area (Å²) in [5.74, 6) is -0.277. The highest BCUT2D eigenvalue weighted by molar-refractivity contribution is 5.85. The number of carbonyl (C=O) groups is 1. The van der Waals surface area contributed by atoms with Crippen LogP contribution in [0.2, 0.25) is 0 Å². The first kappa shape index (κ1) is 20.1. The van der Waals surface area contributed by atoms with Gasteiger partial charge in [0.15, 0.2) is 0 Å². The van der Waals surface area contributed by atoms with E-state index in [1.54, 1.807) is 12.1 Å². The molecule has 3 N–H and O–H groups in total. The van der Waals surface area contributed by atoms with Gasteiger partial charge in [0.25, 0.3) is 0 Å². The van der Waals surface area contributed by atoms with Gasteiger partial charge in [-0.15, -0.1) is 12.4 Å². The lowest BCUT2D eigenvalue weighted by atomic mass is 9.69. The zero-order valence-corrected chi connectivity index (χ0v) is 15.3. The molecule has 1 saturated carbocycles. The first-order valence-corrected chi connectivity index (χ1v) is 9.02. The minimum atomic E-state index is -0.397. The third-order valence-electron chi connectivity index (χ3n) is 5.51. The molecule has 2 aliphatic rings. The molecule has 2 fully saturated rings. The molecule has 1 heterocycles. The molecule has 2 atom stereocenters. The molecular weight excluding hydrogens is 343 g/mol. The Labute approximate surface area is 155 Å². The highest BCUT2D eigenvalue weighted by Gasteiger charge is 2.36. The number of hydrogen-bond acceptors (Lipinski definition) is 3. The summed E-state index contributed by atoms with van der Waals surface area (Å²) in [4.78, 5) is 12.4. The standard InChI is InChI=1S/C19H27FN2O2.ClH/c20-15-6-4-5-14(11-15)19(9-2-1-3-10-19)13-22-18(23)17-8-7-16(12-21)24-17;/h4-6,11,16-17H,1-3,7-10,12-13,21H2,(H,22,23);1H/t16-,17+;/m1./s1. The van der Waals surface area contributed by atoms with Crippen LogP contribution in [0.25, 0.3) is 0 Å². The smallest absolute Gasteiger partial charge is 0.249 e. The van der Waals surface area contributed by atoms with Crippen LogP contribution in [0, 0.1) is 5.82 Å². The molecule has 3 rings (SSSR count). The van der Waals surface area contributed by atoms with Gasteiger partial charge in [0, 0.05) is 18.5 Å². The van der Waals surface area contributed by atoms with Crippen molar-refractivity contribution in [1.29, 1.82) is 0 Å². The van der Waals surface area contributed by atoms with Crippen LogP contribution in [-0.2, 0) is 14.9 Å². The Morgan fingerprint density at radius 3 is 2.68 bits per heavy atom. The van der Waals surface area contributed by atoms with E-state index in [1.807, 2.05) is 6.07 Å². The van der Waals surface area contributed by atoms with Gasteiger partial charge in [-0.2, -0.15) is 0 Å². The highest BCUT2D eigenvalue weighted by atomic mass is 35.5. The second-order valence-electron chi connectivity index (χ2n) is 7.13. The Balaban J connectivity index is 0.00000225. The van der Waals surface area contributed by atoms with Crippen molar-refractivity contribution in [3.05, 3.63) is 35.6 Å². The normalized spacial score (nSPS) is 25.2. The molecule has 1 aliphatic carbocycles. The van der Waals surface area contributed by atoms with Crippen LogP contribution in [-0.4, -0.2) is 31.2 Å². The SMILES string of the molecule is Cl.NC[C@H]1CC[C@@H](C(=O)NCC2(c3cccc(F)c3)CCCCC2)O1. The Bertz CT molecular complexity index is 578. The molecule has 1 amide bonds. The van der Waals surface area contributed by atoms with Crippen LogP contribution in [0.4, 0.5) is 4.39 Å². The summed E-state index contributed by atoms with van der Waals surface area (Å²) in [5, 5.41) is 3.07. The highest BCUT2D eigenvalue weighted by Crippen LogP contribution is 2.39. The van der Waals surface area contributed by atoms with E-state index in [1.165, 1.54) is 12.5 Å². The first-order valence-electron chi connectivity index (χ1n) is 9.02. The van der Waals surface area contributed by atoms with Gasteiger partial charge in [0.2, 0.25) is 5.91 Å². The Morgan fingerprint density at radius 1 is 1.28 bits per heavy atom. The van der Waals surface area contributed by atoms with E-state index in [2.05, 4.69) is 5.32 Å². The van der Waals surface area contributed by atoms with Crippen LogP contribution in [0.15, 0.2) is 24.3 Å². The number of nitrogens with two attached hydrogens (primary N) is 1. The predicted octanol–water partition coefficient (Wildman–Crippen LogP) is 3.07. The lowest BCUT2D eigenvalue weighted by Crippen LogP contribution is -2.45. The number of amides is 1. The van der Waals surface area contributed by atoms with Gasteiger partial charge < -0.3 is 15.8 Å². The second kappa shape index (κ2) is 8.97. The van der Waals surface area contributed by atoms with Crippen LogP contribution >= 0.6 is 12.4 Å². The number of halogens is 2. The lowest BCUT2D eigenvalue weighted by molar-refractivity contribution is -0.132. The average molecular weight is 371 g/mol. The van der Waals surface area contributed by atoms with Crippen molar-refractivity contribution in [2.75, 3.05) is 13.1 Å². The number of nitrogens with one attached hydrogen (secondary N) is 1. The number of hydrogen-bond donors (Lipinski definition) is 2. The third-order valence-corrected chi connectivity index (χ3v) is 5.51. The zero-order chi connectivity index (χ0) is 17.0. The van der Waals surface area contributed by atoms with Crippen molar-refractivity contribution in [3.8, 4) is 0 Å². The van der Waals surface area contributed by atoms with Gasteiger partial charge in [-0.05, 0) is 43.4 Å². The maximum absolute atomic E-state index is 13.7. The lowest BCUT2D eigenvalue weighted by Gasteiger charge is -2.38. The van der Waals surface area contributed by atoms with Crippen molar-refractivity contribution in [2.24, 2.45) is 5.73 Å². The Morgan fingerprint density at radius 2 is 2.04 bits per heavy atom. The van der Waals surface area contributed by atoms with E-state index in [9.17, 15) is 9.18 Å². The predicted molar refractivity (Wildman–Crippen MR) is 98.4 cm³/mol. The monoisotopic (exact) mass is 370 g/mol. The van der Waals surface area contributed by atoms with E-state index in [4.69, 9.17) is 10.5 Å². The van der Waals surface area contributed by atoms with E-state index in [0.717, 1.165) is 44.1 Å². The third kappa shape index (κ3) is 4.72. The summed E-state index contributed by atoms with van der Waals surface area (Å²) in [6.07, 6.45) is 6.54. The van der Waals surface area contributed by atoms with E-state index < -0.39 is 6.10 Å². The van der Waals surface area contributed by atoms with Crippen molar-refractivity contribution in [2.45, 2.75) is 62.6 Å². The van der Waals surface area contributed by atoms with Gasteiger partial charge in [0.1, 0.15) is 11.9 Å². The van der Waals surface area contributed by atoms with Crippen LogP contribution in [0.3, 0.4) is 0 Å². The van der Waals surface area contributed by atoms with E-state index in [0.29, 0.717) is 13.1 Å². The second-order valence-corrected chi connectivity index (χ2v) is 7.13. The fourth-order valence-electron chi connectivity index (χ4n) is 4.06. The molecule has 0 bridgehead atoms. The van der Waals surface area contributed by atoms with Crippen molar-refractivity contribution in [1.82, 2.24) is 5.32 Å². The molecular formula is C19H28ClFN2O2. The minimum absolute atomic E-state index is 0. The quantitative estimate of drug-likeness (QED) is 0.837. The molecule has 0 spiro atoms. The summed E-state index contributed by atoms with van der Waals surface area (Å²) in [6.45, 7) is 0.999. The van der Waals surface area contributed by atoms with Gasteiger partial charge in [-0.3, -0.25) is 4.79 Å². The maximum Gasteiger partial charge on any atom is 0.249 e.